The van der Waals surface area contributed by atoms with Gasteiger partial charge in [-0.3, -0.25) is 9.59 Å². The molecule has 0 saturated carbocycles. The van der Waals surface area contributed by atoms with Gasteiger partial charge in [-0.25, -0.2) is 4.39 Å². The summed E-state index contributed by atoms with van der Waals surface area (Å²) in [5, 5.41) is 5.35. The maximum atomic E-state index is 14.4. The van der Waals surface area contributed by atoms with Gasteiger partial charge in [-0.2, -0.15) is 0 Å². The molecule has 0 atom stereocenters. The first-order valence-corrected chi connectivity index (χ1v) is 9.78. The summed E-state index contributed by atoms with van der Waals surface area (Å²) in [6.45, 7) is 2.62. The summed E-state index contributed by atoms with van der Waals surface area (Å²) < 4.78 is 20.5. The highest BCUT2D eigenvalue weighted by Gasteiger charge is 2.16. The quantitative estimate of drug-likeness (QED) is 0.710. The van der Waals surface area contributed by atoms with E-state index in [2.05, 4.69) is 26.6 Å². The first-order chi connectivity index (χ1) is 13.5. The third-order valence-corrected chi connectivity index (χ3v) is 4.86. The predicted octanol–water partition coefficient (Wildman–Crippen LogP) is 3.18. The predicted molar refractivity (Wildman–Crippen MR) is 109 cm³/mol. The van der Waals surface area contributed by atoms with E-state index in [0.717, 1.165) is 4.47 Å². The summed E-state index contributed by atoms with van der Waals surface area (Å²) in [6.07, 6.45) is 0.0924. The number of halogens is 2. The van der Waals surface area contributed by atoms with Crippen LogP contribution in [-0.2, 0) is 9.53 Å². The Kier molecular flexibility index (Phi) is 7.00. The van der Waals surface area contributed by atoms with Gasteiger partial charge in [0.25, 0.3) is 5.91 Å². The van der Waals surface area contributed by atoms with Gasteiger partial charge in [-0.15, -0.1) is 0 Å². The second-order valence-corrected chi connectivity index (χ2v) is 7.24. The molecule has 2 aromatic rings. The number of nitrogens with one attached hydrogen (secondary N) is 2. The maximum Gasteiger partial charge on any atom is 0.251 e. The molecule has 0 aliphatic carbocycles. The molecular weight excluding hydrogens is 429 g/mol. The van der Waals surface area contributed by atoms with Crippen LogP contribution >= 0.6 is 15.9 Å². The van der Waals surface area contributed by atoms with Crippen molar-refractivity contribution in [3.8, 4) is 0 Å². The topological polar surface area (TPSA) is 70.7 Å². The number of benzene rings is 2. The highest BCUT2D eigenvalue weighted by molar-refractivity contribution is 9.10. The molecule has 28 heavy (non-hydrogen) atoms. The van der Waals surface area contributed by atoms with E-state index in [9.17, 15) is 14.0 Å². The maximum absolute atomic E-state index is 14.4. The van der Waals surface area contributed by atoms with E-state index >= 15 is 0 Å². The lowest BCUT2D eigenvalue weighted by Crippen LogP contribution is -2.36. The Morgan fingerprint density at radius 3 is 2.50 bits per heavy atom. The van der Waals surface area contributed by atoms with Gasteiger partial charge in [0.2, 0.25) is 5.91 Å². The molecule has 148 valence electrons. The van der Waals surface area contributed by atoms with E-state index in [1.165, 1.54) is 6.07 Å². The van der Waals surface area contributed by atoms with Crippen LogP contribution in [0.25, 0.3) is 0 Å². The van der Waals surface area contributed by atoms with Crippen molar-refractivity contribution >= 4 is 39.1 Å². The van der Waals surface area contributed by atoms with Crippen molar-refractivity contribution in [2.24, 2.45) is 0 Å². The Hall–Kier alpha value is -2.45. The summed E-state index contributed by atoms with van der Waals surface area (Å²) in [5.41, 5.74) is 1.41. The molecule has 1 fully saturated rings. The number of ether oxygens (including phenoxy) is 1. The molecule has 2 aromatic carbocycles. The highest BCUT2D eigenvalue weighted by atomic mass is 79.9. The molecular formula is C20H21BrFN3O3. The molecule has 0 spiro atoms. The number of anilines is 2. The Balaban J connectivity index is 1.47. The van der Waals surface area contributed by atoms with E-state index in [-0.39, 0.29) is 30.6 Å². The zero-order valence-corrected chi connectivity index (χ0v) is 16.8. The summed E-state index contributed by atoms with van der Waals surface area (Å²) in [6, 6.07) is 11.6. The molecule has 1 saturated heterocycles. The second kappa shape index (κ2) is 9.66. The van der Waals surface area contributed by atoms with Crippen LogP contribution in [0.15, 0.2) is 46.9 Å². The number of morpholine rings is 1. The zero-order chi connectivity index (χ0) is 19.9. The minimum atomic E-state index is -0.386. The summed E-state index contributed by atoms with van der Waals surface area (Å²) >= 11 is 3.31. The third-order valence-electron chi connectivity index (χ3n) is 4.33. The number of nitrogens with zero attached hydrogens (tertiary/aromatic N) is 1. The van der Waals surface area contributed by atoms with Crippen molar-refractivity contribution in [1.29, 1.82) is 0 Å². The van der Waals surface area contributed by atoms with Gasteiger partial charge in [-0.05, 0) is 42.5 Å². The number of amides is 2. The SMILES string of the molecule is O=C(CCNC(=O)c1ccc(Br)cc1)Nc1ccc(N2CCOCC2)c(F)c1. The monoisotopic (exact) mass is 449 g/mol. The first-order valence-electron chi connectivity index (χ1n) is 8.99. The molecule has 8 heteroatoms. The van der Waals surface area contributed by atoms with Gasteiger partial charge in [0, 0.05) is 41.8 Å². The van der Waals surface area contributed by atoms with Crippen LogP contribution in [0.1, 0.15) is 16.8 Å². The van der Waals surface area contributed by atoms with Crippen molar-refractivity contribution in [1.82, 2.24) is 5.32 Å². The van der Waals surface area contributed by atoms with Crippen molar-refractivity contribution in [2.45, 2.75) is 6.42 Å². The van der Waals surface area contributed by atoms with E-state index in [1.807, 2.05) is 4.90 Å². The van der Waals surface area contributed by atoms with E-state index in [4.69, 9.17) is 4.74 Å². The van der Waals surface area contributed by atoms with Crippen molar-refractivity contribution in [3.63, 3.8) is 0 Å². The number of carbonyl (C=O) groups excluding carboxylic acids is 2. The average Bonchev–Trinajstić information content (AvgIpc) is 2.69. The lowest BCUT2D eigenvalue weighted by molar-refractivity contribution is -0.116. The Morgan fingerprint density at radius 2 is 1.82 bits per heavy atom. The van der Waals surface area contributed by atoms with Crippen LogP contribution < -0.4 is 15.5 Å². The fourth-order valence-electron chi connectivity index (χ4n) is 2.86. The summed E-state index contributed by atoms with van der Waals surface area (Å²) in [7, 11) is 0. The second-order valence-electron chi connectivity index (χ2n) is 6.33. The van der Waals surface area contributed by atoms with Crippen LogP contribution in [0.4, 0.5) is 15.8 Å². The molecule has 0 radical (unpaired) electrons. The Morgan fingerprint density at radius 1 is 1.11 bits per heavy atom. The molecule has 0 aromatic heterocycles. The zero-order valence-electron chi connectivity index (χ0n) is 15.2. The molecule has 1 aliphatic heterocycles. The van der Waals surface area contributed by atoms with Gasteiger partial charge in [0.1, 0.15) is 5.82 Å². The lowest BCUT2D eigenvalue weighted by Gasteiger charge is -2.29. The molecule has 1 aliphatic rings. The van der Waals surface area contributed by atoms with Crippen LogP contribution in [-0.4, -0.2) is 44.7 Å². The summed E-state index contributed by atoms with van der Waals surface area (Å²) in [4.78, 5) is 26.0. The molecule has 3 rings (SSSR count). The largest absolute Gasteiger partial charge is 0.378 e. The van der Waals surface area contributed by atoms with Gasteiger partial charge in [0.05, 0.1) is 18.9 Å². The molecule has 2 amide bonds. The first kappa shape index (κ1) is 20.3. The smallest absolute Gasteiger partial charge is 0.251 e. The summed E-state index contributed by atoms with van der Waals surface area (Å²) in [5.74, 6) is -0.931. The molecule has 1 heterocycles. The fourth-order valence-corrected chi connectivity index (χ4v) is 3.13. The number of carbonyl (C=O) groups is 2. The van der Waals surface area contributed by atoms with E-state index in [1.54, 1.807) is 36.4 Å². The van der Waals surface area contributed by atoms with Crippen LogP contribution in [0.5, 0.6) is 0 Å². The standard InChI is InChI=1S/C20H21BrFN3O3/c21-15-3-1-14(2-4-15)20(27)23-8-7-19(26)24-16-5-6-18(17(22)13-16)25-9-11-28-12-10-25/h1-6,13H,7-12H2,(H,23,27)(H,24,26). The van der Waals surface area contributed by atoms with Crippen molar-refractivity contribution in [2.75, 3.05) is 43.1 Å². The van der Waals surface area contributed by atoms with Crippen molar-refractivity contribution in [3.05, 3.63) is 58.3 Å². The molecule has 2 N–H and O–H groups in total. The number of rotatable bonds is 6. The molecule has 0 bridgehead atoms. The normalized spacial score (nSPS) is 13.9. The minimum absolute atomic E-state index is 0.0924. The van der Waals surface area contributed by atoms with Crippen LogP contribution in [0.2, 0.25) is 0 Å². The number of hydrogen-bond acceptors (Lipinski definition) is 4. The minimum Gasteiger partial charge on any atom is -0.378 e. The Bertz CT molecular complexity index is 839. The average molecular weight is 450 g/mol. The Labute approximate surface area is 171 Å². The van der Waals surface area contributed by atoms with Gasteiger partial charge in [0.15, 0.2) is 0 Å². The molecule has 6 nitrogen and oxygen atoms in total. The number of hydrogen-bond donors (Lipinski definition) is 2. The van der Waals surface area contributed by atoms with Crippen LogP contribution in [0.3, 0.4) is 0 Å². The van der Waals surface area contributed by atoms with E-state index < -0.39 is 0 Å². The van der Waals surface area contributed by atoms with Crippen molar-refractivity contribution < 1.29 is 18.7 Å². The van der Waals surface area contributed by atoms with Gasteiger partial charge < -0.3 is 20.3 Å². The highest BCUT2D eigenvalue weighted by Crippen LogP contribution is 2.23. The van der Waals surface area contributed by atoms with Gasteiger partial charge in [-0.1, -0.05) is 15.9 Å². The third kappa shape index (κ3) is 5.53. The van der Waals surface area contributed by atoms with Crippen LogP contribution in [0, 0.1) is 5.82 Å². The lowest BCUT2D eigenvalue weighted by atomic mass is 10.2. The van der Waals surface area contributed by atoms with E-state index in [0.29, 0.717) is 43.2 Å². The van der Waals surface area contributed by atoms with Gasteiger partial charge >= 0.3 is 0 Å². The fraction of sp³-hybridized carbons (Fsp3) is 0.300. The molecule has 0 unspecified atom stereocenters.